The highest BCUT2D eigenvalue weighted by molar-refractivity contribution is 6.31. The Labute approximate surface area is 181 Å². The number of ether oxygens (including phenoxy) is 2. The monoisotopic (exact) mass is 425 g/mol. The van der Waals surface area contributed by atoms with Crippen molar-refractivity contribution in [3.63, 3.8) is 0 Å². The molecular weight excluding hydrogens is 402 g/mol. The lowest BCUT2D eigenvalue weighted by molar-refractivity contribution is -0.125. The lowest BCUT2D eigenvalue weighted by atomic mass is 10.1. The Balaban J connectivity index is 1.67. The maximum absolute atomic E-state index is 12.5. The highest BCUT2D eigenvalue weighted by Crippen LogP contribution is 2.23. The van der Waals surface area contributed by atoms with Crippen LogP contribution in [-0.2, 0) is 25.0 Å². The molecule has 0 spiro atoms. The van der Waals surface area contributed by atoms with Crippen molar-refractivity contribution in [2.45, 2.75) is 13.2 Å². The van der Waals surface area contributed by atoms with Crippen LogP contribution in [0.25, 0.3) is 6.08 Å². The van der Waals surface area contributed by atoms with E-state index in [1.165, 1.54) is 6.08 Å². The molecule has 30 heavy (non-hydrogen) atoms. The fourth-order valence-corrected chi connectivity index (χ4v) is 3.13. The number of halogens is 1. The summed E-state index contributed by atoms with van der Waals surface area (Å²) in [6.07, 6.45) is 4.88. The van der Waals surface area contributed by atoms with Crippen molar-refractivity contribution in [2.24, 2.45) is 7.05 Å². The largest absolute Gasteiger partial charge is 0.496 e. The van der Waals surface area contributed by atoms with Crippen molar-refractivity contribution in [1.82, 2.24) is 14.7 Å². The zero-order chi connectivity index (χ0) is 21.5. The minimum atomic E-state index is -0.134. The third kappa shape index (κ3) is 5.42. The van der Waals surface area contributed by atoms with Gasteiger partial charge in [0.1, 0.15) is 18.1 Å². The number of nitrogens with zero attached hydrogens (tertiary/aromatic N) is 3. The number of carbonyl (C=O) groups is 1. The first-order valence-electron chi connectivity index (χ1n) is 9.42. The first kappa shape index (κ1) is 21.5. The van der Waals surface area contributed by atoms with Gasteiger partial charge in [-0.3, -0.25) is 9.48 Å². The minimum absolute atomic E-state index is 0.134. The van der Waals surface area contributed by atoms with E-state index >= 15 is 0 Å². The quantitative estimate of drug-likeness (QED) is 0.504. The highest BCUT2D eigenvalue weighted by Gasteiger charge is 2.12. The summed E-state index contributed by atoms with van der Waals surface area (Å²) in [6, 6.07) is 15.3. The van der Waals surface area contributed by atoms with Crippen LogP contribution in [0.5, 0.6) is 11.5 Å². The molecule has 0 aliphatic carbocycles. The van der Waals surface area contributed by atoms with Crippen LogP contribution in [0.4, 0.5) is 0 Å². The van der Waals surface area contributed by atoms with Crippen LogP contribution in [0.15, 0.2) is 60.8 Å². The number of carbonyl (C=O) groups excluding carboxylic acids is 1. The Kier molecular flexibility index (Phi) is 7.14. The number of aromatic nitrogens is 2. The molecule has 1 heterocycles. The first-order chi connectivity index (χ1) is 14.5. The third-order valence-electron chi connectivity index (χ3n) is 4.63. The average molecular weight is 426 g/mol. The lowest BCUT2D eigenvalue weighted by Gasteiger charge is -2.15. The summed E-state index contributed by atoms with van der Waals surface area (Å²) in [5.41, 5.74) is 2.56. The van der Waals surface area contributed by atoms with E-state index in [-0.39, 0.29) is 5.91 Å². The Morgan fingerprint density at radius 3 is 2.67 bits per heavy atom. The standard InChI is InChI=1S/C23H24ClN3O3/c1-26(15-21-20(24)14-25-27(21)2)23(28)12-10-17-9-11-22(29-3)18(13-17)16-30-19-7-5-4-6-8-19/h4-14H,15-16H2,1-3H3/b12-10+. The zero-order valence-corrected chi connectivity index (χ0v) is 18.0. The summed E-state index contributed by atoms with van der Waals surface area (Å²) in [5, 5.41) is 4.63. The van der Waals surface area contributed by atoms with E-state index in [1.807, 2.05) is 48.5 Å². The van der Waals surface area contributed by atoms with Gasteiger partial charge in [0, 0.05) is 25.7 Å². The van der Waals surface area contributed by atoms with E-state index in [0.29, 0.717) is 18.2 Å². The van der Waals surface area contributed by atoms with E-state index in [2.05, 4.69) is 5.10 Å². The summed E-state index contributed by atoms with van der Waals surface area (Å²) in [4.78, 5) is 14.1. The number of methoxy groups -OCH3 is 1. The first-order valence-corrected chi connectivity index (χ1v) is 9.80. The van der Waals surface area contributed by atoms with Crippen LogP contribution < -0.4 is 9.47 Å². The van der Waals surface area contributed by atoms with E-state index in [4.69, 9.17) is 21.1 Å². The number of hydrogen-bond acceptors (Lipinski definition) is 4. The number of hydrogen-bond donors (Lipinski definition) is 0. The van der Waals surface area contributed by atoms with Gasteiger partial charge in [0.2, 0.25) is 5.91 Å². The lowest BCUT2D eigenvalue weighted by Crippen LogP contribution is -2.25. The second-order valence-corrected chi connectivity index (χ2v) is 7.17. The fraction of sp³-hybridized carbons (Fsp3) is 0.217. The van der Waals surface area contributed by atoms with Crippen LogP contribution in [0.3, 0.4) is 0 Å². The van der Waals surface area contributed by atoms with Gasteiger partial charge in [-0.1, -0.05) is 35.9 Å². The van der Waals surface area contributed by atoms with Crippen molar-refractivity contribution in [3.8, 4) is 11.5 Å². The Morgan fingerprint density at radius 2 is 2.00 bits per heavy atom. The predicted octanol–water partition coefficient (Wildman–Crippen LogP) is 4.33. The van der Waals surface area contributed by atoms with Gasteiger partial charge in [0.25, 0.3) is 0 Å². The molecule has 0 unspecified atom stereocenters. The molecule has 0 aliphatic heterocycles. The van der Waals surface area contributed by atoms with Crippen molar-refractivity contribution in [3.05, 3.63) is 82.6 Å². The molecular formula is C23H24ClN3O3. The molecule has 2 aromatic carbocycles. The Hall–Kier alpha value is -3.25. The van der Waals surface area contributed by atoms with Gasteiger partial charge in [-0.15, -0.1) is 0 Å². The molecule has 0 saturated carbocycles. The molecule has 3 aromatic rings. The van der Waals surface area contributed by atoms with Crippen molar-refractivity contribution in [2.75, 3.05) is 14.2 Å². The molecule has 3 rings (SSSR count). The second-order valence-electron chi connectivity index (χ2n) is 6.76. The molecule has 0 N–H and O–H groups in total. The van der Waals surface area contributed by atoms with Gasteiger partial charge >= 0.3 is 0 Å². The number of aryl methyl sites for hydroxylation is 1. The minimum Gasteiger partial charge on any atom is -0.496 e. The van der Waals surface area contributed by atoms with E-state index in [0.717, 1.165) is 28.3 Å². The molecule has 7 heteroatoms. The van der Waals surface area contributed by atoms with Crippen molar-refractivity contribution >= 4 is 23.6 Å². The molecule has 0 saturated heterocycles. The topological polar surface area (TPSA) is 56.6 Å². The summed E-state index contributed by atoms with van der Waals surface area (Å²) in [6.45, 7) is 0.735. The van der Waals surface area contributed by atoms with Gasteiger partial charge < -0.3 is 14.4 Å². The van der Waals surface area contributed by atoms with Gasteiger partial charge in [-0.2, -0.15) is 5.10 Å². The van der Waals surface area contributed by atoms with Crippen molar-refractivity contribution < 1.29 is 14.3 Å². The van der Waals surface area contributed by atoms with Crippen LogP contribution in [-0.4, -0.2) is 34.7 Å². The zero-order valence-electron chi connectivity index (χ0n) is 17.2. The number of para-hydroxylation sites is 1. The Bertz CT molecular complexity index is 1010. The summed E-state index contributed by atoms with van der Waals surface area (Å²) in [5.74, 6) is 1.38. The molecule has 156 valence electrons. The van der Waals surface area contributed by atoms with Crippen LogP contribution in [0, 0.1) is 0 Å². The summed E-state index contributed by atoms with van der Waals surface area (Å²) < 4.78 is 12.9. The van der Waals surface area contributed by atoms with E-state index in [1.54, 1.807) is 43.1 Å². The molecule has 0 aliphatic rings. The normalized spacial score (nSPS) is 10.9. The molecule has 1 aromatic heterocycles. The molecule has 0 atom stereocenters. The van der Waals surface area contributed by atoms with Gasteiger partial charge in [0.05, 0.1) is 30.6 Å². The van der Waals surface area contributed by atoms with Crippen LogP contribution >= 0.6 is 11.6 Å². The molecule has 6 nitrogen and oxygen atoms in total. The third-order valence-corrected chi connectivity index (χ3v) is 4.95. The predicted molar refractivity (Wildman–Crippen MR) is 117 cm³/mol. The Morgan fingerprint density at radius 1 is 1.23 bits per heavy atom. The number of amides is 1. The second kappa shape index (κ2) is 9.98. The SMILES string of the molecule is COc1ccc(/C=C/C(=O)N(C)Cc2c(Cl)cnn2C)cc1COc1ccccc1. The maximum atomic E-state index is 12.5. The number of rotatable bonds is 8. The van der Waals surface area contributed by atoms with Crippen LogP contribution in [0.2, 0.25) is 5.02 Å². The van der Waals surface area contributed by atoms with E-state index < -0.39 is 0 Å². The molecule has 0 radical (unpaired) electrons. The summed E-state index contributed by atoms with van der Waals surface area (Å²) >= 11 is 6.12. The molecule has 0 fully saturated rings. The highest BCUT2D eigenvalue weighted by atomic mass is 35.5. The van der Waals surface area contributed by atoms with Crippen LogP contribution in [0.1, 0.15) is 16.8 Å². The number of benzene rings is 2. The summed E-state index contributed by atoms with van der Waals surface area (Å²) in [7, 11) is 5.15. The smallest absolute Gasteiger partial charge is 0.246 e. The van der Waals surface area contributed by atoms with Crippen molar-refractivity contribution in [1.29, 1.82) is 0 Å². The van der Waals surface area contributed by atoms with Gasteiger partial charge in [-0.05, 0) is 35.9 Å². The maximum Gasteiger partial charge on any atom is 0.246 e. The fourth-order valence-electron chi connectivity index (χ4n) is 2.90. The average Bonchev–Trinajstić information content (AvgIpc) is 3.08. The molecule has 1 amide bonds. The number of likely N-dealkylation sites (N-methyl/N-ethyl adjacent to an activating group) is 1. The van der Waals surface area contributed by atoms with Gasteiger partial charge in [0.15, 0.2) is 0 Å². The molecule has 0 bridgehead atoms. The van der Waals surface area contributed by atoms with Gasteiger partial charge in [-0.25, -0.2) is 0 Å². The van der Waals surface area contributed by atoms with E-state index in [9.17, 15) is 4.79 Å².